The number of carbonyl (C=O) groups is 1. The van der Waals surface area contributed by atoms with Crippen LogP contribution in [0.3, 0.4) is 0 Å². The van der Waals surface area contributed by atoms with E-state index in [4.69, 9.17) is 10.4 Å². The van der Waals surface area contributed by atoms with Crippen molar-refractivity contribution in [2.75, 3.05) is 0 Å². The molecule has 0 aliphatic carbocycles. The first kappa shape index (κ1) is 7.70. The summed E-state index contributed by atoms with van der Waals surface area (Å²) in [5, 5.41) is 16.2. The van der Waals surface area contributed by atoms with E-state index in [2.05, 4.69) is 0 Å². The second-order valence-corrected chi connectivity index (χ2v) is 1.60. The van der Waals surface area contributed by atoms with E-state index in [1.807, 2.05) is 6.07 Å². The van der Waals surface area contributed by atoms with E-state index in [9.17, 15) is 4.79 Å². The van der Waals surface area contributed by atoms with Gasteiger partial charge in [-0.2, -0.15) is 5.26 Å². The number of hydrogen-bond acceptors (Lipinski definition) is 2. The number of hydrogen-bond donors (Lipinski definition) is 1. The van der Waals surface area contributed by atoms with Crippen molar-refractivity contribution in [3.8, 4) is 6.07 Å². The van der Waals surface area contributed by atoms with Gasteiger partial charge < -0.3 is 5.11 Å². The summed E-state index contributed by atoms with van der Waals surface area (Å²) >= 11 is 0. The zero-order valence-corrected chi connectivity index (χ0v) is 5.09. The molecule has 0 rings (SSSR count). The van der Waals surface area contributed by atoms with Gasteiger partial charge in [0.05, 0.1) is 12.5 Å². The number of carboxylic acid groups (broad SMARTS) is 1. The van der Waals surface area contributed by atoms with Crippen LogP contribution in [0.1, 0.15) is 13.3 Å². The summed E-state index contributed by atoms with van der Waals surface area (Å²) < 4.78 is 0. The Kier molecular flexibility index (Phi) is 3.14. The summed E-state index contributed by atoms with van der Waals surface area (Å²) in [6.07, 6.45) is 1.31. The van der Waals surface area contributed by atoms with Crippen LogP contribution in [0.15, 0.2) is 11.6 Å². The molecule has 48 valence electrons. The fraction of sp³-hybridized carbons (Fsp3) is 0.333. The Morgan fingerprint density at radius 2 is 2.44 bits per heavy atom. The maximum absolute atomic E-state index is 9.87. The van der Waals surface area contributed by atoms with Crippen LogP contribution in [0.2, 0.25) is 0 Å². The average molecular weight is 125 g/mol. The maximum atomic E-state index is 9.87. The Morgan fingerprint density at radius 3 is 2.78 bits per heavy atom. The topological polar surface area (TPSA) is 61.1 Å². The highest BCUT2D eigenvalue weighted by Crippen LogP contribution is 1.91. The standard InChI is InChI=1S/C6H7NO2/c1-5(4-7)2-3-6(8)9/h2H,3H2,1H3,(H,8,9)/b5-2+. The molecule has 3 heteroatoms. The number of allylic oxidation sites excluding steroid dienone is 1. The van der Waals surface area contributed by atoms with Crippen LogP contribution < -0.4 is 0 Å². The SMILES string of the molecule is C/C(C#N)=C\CC(=O)O. The predicted octanol–water partition coefficient (Wildman–Crippen LogP) is 0.931. The molecule has 0 spiro atoms. The second kappa shape index (κ2) is 3.67. The lowest BCUT2D eigenvalue weighted by Crippen LogP contribution is -1.90. The van der Waals surface area contributed by atoms with Crippen LogP contribution in [0.25, 0.3) is 0 Å². The molecule has 0 heterocycles. The minimum atomic E-state index is -0.912. The zero-order chi connectivity index (χ0) is 7.28. The van der Waals surface area contributed by atoms with Crippen molar-refractivity contribution < 1.29 is 9.90 Å². The normalized spacial score (nSPS) is 10.4. The van der Waals surface area contributed by atoms with Gasteiger partial charge in [-0.3, -0.25) is 4.79 Å². The monoisotopic (exact) mass is 125 g/mol. The summed E-state index contributed by atoms with van der Waals surface area (Å²) in [4.78, 5) is 9.87. The van der Waals surface area contributed by atoms with Crippen molar-refractivity contribution in [2.45, 2.75) is 13.3 Å². The first-order valence-corrected chi connectivity index (χ1v) is 2.45. The first-order chi connectivity index (χ1) is 4.16. The summed E-state index contributed by atoms with van der Waals surface area (Å²) in [6.45, 7) is 1.57. The lowest BCUT2D eigenvalue weighted by atomic mass is 10.3. The summed E-state index contributed by atoms with van der Waals surface area (Å²) in [7, 11) is 0. The molecular formula is C6H7NO2. The van der Waals surface area contributed by atoms with Crippen molar-refractivity contribution in [1.29, 1.82) is 5.26 Å². The Labute approximate surface area is 53.2 Å². The highest BCUT2D eigenvalue weighted by molar-refractivity contribution is 5.68. The van der Waals surface area contributed by atoms with Gasteiger partial charge in [0.1, 0.15) is 0 Å². The van der Waals surface area contributed by atoms with Crippen molar-refractivity contribution in [3.05, 3.63) is 11.6 Å². The fourth-order valence-corrected chi connectivity index (χ4v) is 0.286. The van der Waals surface area contributed by atoms with E-state index in [1.54, 1.807) is 6.92 Å². The molecule has 0 aromatic heterocycles. The molecule has 0 aliphatic heterocycles. The van der Waals surface area contributed by atoms with Crippen LogP contribution in [0.5, 0.6) is 0 Å². The molecule has 0 aliphatic rings. The number of nitrogens with zero attached hydrogens (tertiary/aromatic N) is 1. The Hall–Kier alpha value is -1.30. The zero-order valence-electron chi connectivity index (χ0n) is 5.09. The summed E-state index contributed by atoms with van der Waals surface area (Å²) in [5.74, 6) is -0.912. The molecule has 0 saturated heterocycles. The molecule has 0 amide bonds. The molecule has 0 radical (unpaired) electrons. The number of aliphatic carboxylic acids is 1. The highest BCUT2D eigenvalue weighted by atomic mass is 16.4. The molecular weight excluding hydrogens is 118 g/mol. The quantitative estimate of drug-likeness (QED) is 0.558. The van der Waals surface area contributed by atoms with E-state index in [0.717, 1.165) is 0 Å². The third kappa shape index (κ3) is 4.56. The Balaban J connectivity index is 3.74. The molecule has 0 bridgehead atoms. The van der Waals surface area contributed by atoms with Gasteiger partial charge in [0, 0.05) is 5.57 Å². The highest BCUT2D eigenvalue weighted by Gasteiger charge is 1.90. The maximum Gasteiger partial charge on any atom is 0.307 e. The molecule has 1 N–H and O–H groups in total. The molecule has 0 unspecified atom stereocenters. The smallest absolute Gasteiger partial charge is 0.307 e. The van der Waals surface area contributed by atoms with E-state index in [-0.39, 0.29) is 6.42 Å². The molecule has 9 heavy (non-hydrogen) atoms. The van der Waals surface area contributed by atoms with Crippen molar-refractivity contribution in [2.24, 2.45) is 0 Å². The molecule has 0 fully saturated rings. The number of carboxylic acids is 1. The van der Waals surface area contributed by atoms with Gasteiger partial charge in [0.25, 0.3) is 0 Å². The molecule has 0 saturated carbocycles. The largest absolute Gasteiger partial charge is 0.481 e. The van der Waals surface area contributed by atoms with Crippen LogP contribution in [0.4, 0.5) is 0 Å². The van der Waals surface area contributed by atoms with Crippen molar-refractivity contribution >= 4 is 5.97 Å². The van der Waals surface area contributed by atoms with Crippen molar-refractivity contribution in [3.63, 3.8) is 0 Å². The van der Waals surface area contributed by atoms with Crippen LogP contribution in [0, 0.1) is 11.3 Å². The van der Waals surface area contributed by atoms with Gasteiger partial charge >= 0.3 is 5.97 Å². The fourth-order valence-electron chi connectivity index (χ4n) is 0.286. The van der Waals surface area contributed by atoms with Gasteiger partial charge in [0.2, 0.25) is 0 Å². The lowest BCUT2D eigenvalue weighted by Gasteiger charge is -1.82. The molecule has 3 nitrogen and oxygen atoms in total. The first-order valence-electron chi connectivity index (χ1n) is 2.45. The second-order valence-electron chi connectivity index (χ2n) is 1.60. The Bertz CT molecular complexity index is 176. The van der Waals surface area contributed by atoms with Crippen LogP contribution in [-0.4, -0.2) is 11.1 Å². The predicted molar refractivity (Wildman–Crippen MR) is 31.6 cm³/mol. The minimum Gasteiger partial charge on any atom is -0.481 e. The van der Waals surface area contributed by atoms with Crippen LogP contribution >= 0.6 is 0 Å². The van der Waals surface area contributed by atoms with E-state index in [0.29, 0.717) is 5.57 Å². The average Bonchev–Trinajstić information content (AvgIpc) is 1.83. The van der Waals surface area contributed by atoms with Gasteiger partial charge in [-0.25, -0.2) is 0 Å². The van der Waals surface area contributed by atoms with Gasteiger partial charge in [-0.05, 0) is 6.92 Å². The molecule has 0 aromatic rings. The van der Waals surface area contributed by atoms with Gasteiger partial charge in [0.15, 0.2) is 0 Å². The minimum absolute atomic E-state index is 0.0700. The number of nitriles is 1. The van der Waals surface area contributed by atoms with E-state index >= 15 is 0 Å². The van der Waals surface area contributed by atoms with Gasteiger partial charge in [-0.1, -0.05) is 6.08 Å². The third-order valence-electron chi connectivity index (χ3n) is 0.759. The van der Waals surface area contributed by atoms with Gasteiger partial charge in [-0.15, -0.1) is 0 Å². The third-order valence-corrected chi connectivity index (χ3v) is 0.759. The molecule has 0 aromatic carbocycles. The van der Waals surface area contributed by atoms with E-state index < -0.39 is 5.97 Å². The lowest BCUT2D eigenvalue weighted by molar-refractivity contribution is -0.136. The van der Waals surface area contributed by atoms with E-state index in [1.165, 1.54) is 6.08 Å². The van der Waals surface area contributed by atoms with Crippen molar-refractivity contribution in [1.82, 2.24) is 0 Å². The molecule has 0 atom stereocenters. The summed E-state index contributed by atoms with van der Waals surface area (Å²) in [6, 6.07) is 1.82. The Morgan fingerprint density at radius 1 is 1.89 bits per heavy atom. The van der Waals surface area contributed by atoms with Crippen LogP contribution in [-0.2, 0) is 4.79 Å². The summed E-state index contributed by atoms with van der Waals surface area (Å²) in [5.41, 5.74) is 0.442. The number of rotatable bonds is 2.